The summed E-state index contributed by atoms with van der Waals surface area (Å²) in [5.74, 6) is -0.0442. The van der Waals surface area contributed by atoms with E-state index >= 15 is 0 Å². The van der Waals surface area contributed by atoms with E-state index in [1.165, 1.54) is 4.52 Å². The maximum absolute atomic E-state index is 12.7. The summed E-state index contributed by atoms with van der Waals surface area (Å²) in [4.78, 5) is 30.0. The molecule has 0 saturated carbocycles. The summed E-state index contributed by atoms with van der Waals surface area (Å²) >= 11 is 0. The summed E-state index contributed by atoms with van der Waals surface area (Å²) < 4.78 is 24.5. The van der Waals surface area contributed by atoms with Gasteiger partial charge in [-0.3, -0.25) is 9.59 Å². The van der Waals surface area contributed by atoms with Crippen LogP contribution >= 0.6 is 0 Å². The molecule has 1 fully saturated rings. The van der Waals surface area contributed by atoms with Gasteiger partial charge in [-0.05, 0) is 19.3 Å². The van der Waals surface area contributed by atoms with Gasteiger partial charge in [-0.2, -0.15) is 9.61 Å². The van der Waals surface area contributed by atoms with Gasteiger partial charge in [0.2, 0.25) is 0 Å². The Hall–Kier alpha value is -2.16. The van der Waals surface area contributed by atoms with Crippen LogP contribution in [0.2, 0.25) is 0 Å². The summed E-state index contributed by atoms with van der Waals surface area (Å²) in [6, 6.07) is 1.63. The number of aromatic amines is 1. The maximum Gasteiger partial charge on any atom is 0.280 e. The van der Waals surface area contributed by atoms with Crippen LogP contribution in [-0.4, -0.2) is 51.4 Å². The highest BCUT2D eigenvalue weighted by atomic mass is 32.2. The summed E-state index contributed by atoms with van der Waals surface area (Å²) in [6.07, 6.45) is 1.55. The van der Waals surface area contributed by atoms with Gasteiger partial charge < -0.3 is 9.88 Å². The molecule has 1 N–H and O–H groups in total. The number of carbonyl (C=O) groups excluding carboxylic acids is 1. The average Bonchev–Trinajstić information content (AvgIpc) is 3.11. The molecule has 0 aliphatic carbocycles. The molecule has 2 aromatic heterocycles. The lowest BCUT2D eigenvalue weighted by Gasteiger charge is -2.30. The van der Waals surface area contributed by atoms with Crippen LogP contribution in [0.4, 0.5) is 0 Å². The Morgan fingerprint density at radius 3 is 2.67 bits per heavy atom. The number of fused-ring (bicyclic) bond motifs is 2. The molecule has 0 aromatic carbocycles. The van der Waals surface area contributed by atoms with Crippen molar-refractivity contribution in [3.8, 4) is 0 Å². The third-order valence-corrected chi connectivity index (χ3v) is 6.61. The highest BCUT2D eigenvalue weighted by molar-refractivity contribution is 7.91. The predicted molar refractivity (Wildman–Crippen MR) is 86.7 cm³/mol. The van der Waals surface area contributed by atoms with Crippen LogP contribution in [-0.2, 0) is 22.8 Å². The van der Waals surface area contributed by atoms with Crippen molar-refractivity contribution < 1.29 is 13.2 Å². The third-order valence-electron chi connectivity index (χ3n) is 4.90. The van der Waals surface area contributed by atoms with Crippen LogP contribution in [0.3, 0.4) is 0 Å². The second-order valence-corrected chi connectivity index (χ2v) is 8.69. The second kappa shape index (κ2) is 5.17. The van der Waals surface area contributed by atoms with Crippen LogP contribution in [0.1, 0.15) is 41.5 Å². The number of rotatable bonds is 2. The molecule has 0 atom stereocenters. The molecule has 1 amide bonds. The van der Waals surface area contributed by atoms with Crippen molar-refractivity contribution >= 4 is 21.4 Å². The van der Waals surface area contributed by atoms with Gasteiger partial charge in [-0.25, -0.2) is 8.42 Å². The highest BCUT2D eigenvalue weighted by Gasteiger charge is 2.38. The molecule has 8 nitrogen and oxygen atoms in total. The first-order valence-corrected chi connectivity index (χ1v) is 9.87. The van der Waals surface area contributed by atoms with Gasteiger partial charge in [0.15, 0.2) is 0 Å². The van der Waals surface area contributed by atoms with Crippen LogP contribution in [0.25, 0.3) is 5.65 Å². The molecule has 24 heavy (non-hydrogen) atoms. The first-order chi connectivity index (χ1) is 11.4. The van der Waals surface area contributed by atoms with Gasteiger partial charge in [-0.1, -0.05) is 6.92 Å². The first-order valence-electron chi connectivity index (χ1n) is 8.05. The molecule has 2 aromatic rings. The third kappa shape index (κ3) is 2.26. The van der Waals surface area contributed by atoms with E-state index in [0.717, 1.165) is 5.69 Å². The van der Waals surface area contributed by atoms with E-state index < -0.39 is 9.84 Å². The number of carbonyl (C=O) groups is 1. The quantitative estimate of drug-likeness (QED) is 0.828. The van der Waals surface area contributed by atoms with Gasteiger partial charge in [0.1, 0.15) is 21.2 Å². The van der Waals surface area contributed by atoms with Crippen molar-refractivity contribution in [1.29, 1.82) is 0 Å². The lowest BCUT2D eigenvalue weighted by molar-refractivity contribution is 0.0687. The summed E-state index contributed by atoms with van der Waals surface area (Å²) in [7, 11) is -2.99. The van der Waals surface area contributed by atoms with Crippen molar-refractivity contribution in [3.63, 3.8) is 0 Å². The van der Waals surface area contributed by atoms with Gasteiger partial charge in [-0.15, -0.1) is 0 Å². The smallest absolute Gasteiger partial charge is 0.280 e. The van der Waals surface area contributed by atoms with Crippen LogP contribution in [0.5, 0.6) is 0 Å². The van der Waals surface area contributed by atoms with E-state index in [4.69, 9.17) is 0 Å². The molecule has 4 heterocycles. The molecule has 128 valence electrons. The summed E-state index contributed by atoms with van der Waals surface area (Å²) in [5.41, 5.74) is 1.73. The van der Waals surface area contributed by atoms with Crippen LogP contribution < -0.4 is 5.56 Å². The van der Waals surface area contributed by atoms with Gasteiger partial charge in [0.05, 0.1) is 29.3 Å². The topological polar surface area (TPSA) is 105 Å². The number of aryl methyl sites for hydroxylation is 1. The van der Waals surface area contributed by atoms with Crippen molar-refractivity contribution in [1.82, 2.24) is 19.5 Å². The Morgan fingerprint density at radius 1 is 1.29 bits per heavy atom. The van der Waals surface area contributed by atoms with Crippen molar-refractivity contribution in [2.45, 2.75) is 38.8 Å². The van der Waals surface area contributed by atoms with Crippen molar-refractivity contribution in [3.05, 3.63) is 33.4 Å². The number of hydrogen-bond donors (Lipinski definition) is 1. The second-order valence-electron chi connectivity index (χ2n) is 6.39. The molecule has 0 spiro atoms. The number of amides is 1. The standard InChI is InChI=1S/C15H18N4O4S/c1-2-9-7-12-16-13-11(14(20)19(12)17-9)8-18(15(13)21)10-3-5-24(22,23)6-4-10/h7,10,16H,2-6,8H2,1H3. The van der Waals surface area contributed by atoms with E-state index in [2.05, 4.69) is 10.1 Å². The number of sulfone groups is 1. The van der Waals surface area contributed by atoms with Gasteiger partial charge in [0.25, 0.3) is 11.5 Å². The van der Waals surface area contributed by atoms with Crippen LogP contribution in [0, 0.1) is 0 Å². The monoisotopic (exact) mass is 350 g/mol. The number of aromatic nitrogens is 3. The fraction of sp³-hybridized carbons (Fsp3) is 0.533. The fourth-order valence-corrected chi connectivity index (χ4v) is 4.95. The molecule has 2 aliphatic heterocycles. The lowest BCUT2D eigenvalue weighted by Crippen LogP contribution is -2.41. The molecule has 0 unspecified atom stereocenters. The zero-order chi connectivity index (χ0) is 17.1. The Balaban J connectivity index is 1.70. The minimum absolute atomic E-state index is 0.0922. The molecule has 0 bridgehead atoms. The van der Waals surface area contributed by atoms with Crippen LogP contribution in [0.15, 0.2) is 10.9 Å². The molecular formula is C15H18N4O4S. The molecule has 0 radical (unpaired) electrons. The van der Waals surface area contributed by atoms with E-state index in [-0.39, 0.29) is 35.6 Å². The Labute approximate surface area is 138 Å². The summed E-state index contributed by atoms with van der Waals surface area (Å²) in [6.45, 7) is 2.16. The summed E-state index contributed by atoms with van der Waals surface area (Å²) in [5, 5.41) is 4.25. The lowest BCUT2D eigenvalue weighted by atomic mass is 10.1. The minimum atomic E-state index is -2.99. The minimum Gasteiger partial charge on any atom is -0.335 e. The number of hydrogen-bond acceptors (Lipinski definition) is 5. The van der Waals surface area contributed by atoms with E-state index in [1.807, 2.05) is 6.92 Å². The fourth-order valence-electron chi connectivity index (χ4n) is 3.48. The maximum atomic E-state index is 12.7. The normalized spacial score (nSPS) is 20.7. The molecule has 4 rings (SSSR count). The first kappa shape index (κ1) is 15.4. The zero-order valence-corrected chi connectivity index (χ0v) is 14.1. The average molecular weight is 350 g/mol. The SMILES string of the molecule is CCc1cc2[nH]c3c(c(=O)n2n1)CN(C1CCS(=O)(=O)CC1)C3=O. The zero-order valence-electron chi connectivity index (χ0n) is 13.3. The van der Waals surface area contributed by atoms with E-state index in [0.29, 0.717) is 36.2 Å². The van der Waals surface area contributed by atoms with Gasteiger partial charge in [0, 0.05) is 12.1 Å². The van der Waals surface area contributed by atoms with E-state index in [1.54, 1.807) is 11.0 Å². The Morgan fingerprint density at radius 2 is 2.00 bits per heavy atom. The Bertz CT molecular complexity index is 990. The van der Waals surface area contributed by atoms with Crippen molar-refractivity contribution in [2.75, 3.05) is 11.5 Å². The predicted octanol–water partition coefficient (Wildman–Crippen LogP) is 0.118. The number of nitrogens with one attached hydrogen (secondary N) is 1. The number of H-pyrrole nitrogens is 1. The van der Waals surface area contributed by atoms with E-state index in [9.17, 15) is 18.0 Å². The molecular weight excluding hydrogens is 332 g/mol. The molecule has 9 heteroatoms. The highest BCUT2D eigenvalue weighted by Crippen LogP contribution is 2.27. The molecule has 1 saturated heterocycles. The van der Waals surface area contributed by atoms with Gasteiger partial charge >= 0.3 is 0 Å². The number of nitrogens with zero attached hydrogens (tertiary/aromatic N) is 3. The molecule has 2 aliphatic rings. The largest absolute Gasteiger partial charge is 0.335 e. The Kier molecular flexibility index (Phi) is 3.31. The van der Waals surface area contributed by atoms with Crippen molar-refractivity contribution in [2.24, 2.45) is 0 Å².